The zero-order chi connectivity index (χ0) is 28.9. The Labute approximate surface area is 245 Å². The summed E-state index contributed by atoms with van der Waals surface area (Å²) in [6.07, 6.45) is 3.52. The van der Waals surface area contributed by atoms with Gasteiger partial charge in [-0.3, -0.25) is 13.7 Å². The maximum atomic E-state index is 13.9. The van der Waals surface area contributed by atoms with Gasteiger partial charge >= 0.3 is 15.1 Å². The van der Waals surface area contributed by atoms with Crippen molar-refractivity contribution in [2.75, 3.05) is 37.0 Å². The topological polar surface area (TPSA) is 78.9 Å². The maximum absolute atomic E-state index is 13.9. The SMILES string of the molecule is CCP(=O)(CCc1ccccc1)[O][Al]([O]P(=O)(CC)CCc1ccccc1)[O]P(=O)(CC)CCc1ccccc1. The molecule has 0 aliphatic carbocycles. The van der Waals surface area contributed by atoms with Gasteiger partial charge in [-0.05, 0) is 36.0 Å². The standard InChI is InChI=1S/3C10H15O2P.Al/c3*1-2-13(11,12)9-8-10-6-4-3-5-7-10;/h3*3-7H,2,8-9H2,1H3,(H,11,12);/q;;;+3/p-3. The second kappa shape index (κ2) is 16.4. The van der Waals surface area contributed by atoms with Crippen LogP contribution in [0, 0.1) is 0 Å². The molecule has 0 saturated carbocycles. The monoisotopic (exact) mass is 618 g/mol. The lowest BCUT2D eigenvalue weighted by molar-refractivity contribution is 0.305. The van der Waals surface area contributed by atoms with E-state index in [-0.39, 0.29) is 18.5 Å². The molecular formula is C30H42AlO6P3. The highest BCUT2D eigenvalue weighted by Gasteiger charge is 2.47. The highest BCUT2D eigenvalue weighted by Crippen LogP contribution is 2.56. The van der Waals surface area contributed by atoms with Crippen LogP contribution in [0.2, 0.25) is 0 Å². The molecule has 3 atom stereocenters. The lowest BCUT2D eigenvalue weighted by Crippen LogP contribution is -2.27. The summed E-state index contributed by atoms with van der Waals surface area (Å²) in [4.78, 5) is 0. The molecule has 0 aliphatic rings. The molecule has 0 amide bonds. The molecule has 40 heavy (non-hydrogen) atoms. The van der Waals surface area contributed by atoms with Crippen molar-refractivity contribution in [1.29, 1.82) is 0 Å². The van der Waals surface area contributed by atoms with Crippen molar-refractivity contribution in [2.24, 2.45) is 0 Å². The number of hydrogen-bond acceptors (Lipinski definition) is 6. The Morgan fingerprint density at radius 2 is 0.725 bits per heavy atom. The molecule has 0 aromatic heterocycles. The van der Waals surface area contributed by atoms with Crippen LogP contribution in [0.1, 0.15) is 37.5 Å². The lowest BCUT2D eigenvalue weighted by Gasteiger charge is -2.28. The summed E-state index contributed by atoms with van der Waals surface area (Å²) >= 11 is -3.33. The van der Waals surface area contributed by atoms with Crippen molar-refractivity contribution in [1.82, 2.24) is 0 Å². The van der Waals surface area contributed by atoms with Crippen molar-refractivity contribution in [2.45, 2.75) is 40.0 Å². The molecule has 0 fully saturated rings. The summed E-state index contributed by atoms with van der Waals surface area (Å²) in [6, 6.07) is 29.5. The summed E-state index contributed by atoms with van der Waals surface area (Å²) < 4.78 is 60.5. The Hall–Kier alpha value is -1.24. The first kappa shape index (κ1) is 33.3. The van der Waals surface area contributed by atoms with Gasteiger partial charge in [0, 0.05) is 37.0 Å². The number of rotatable bonds is 18. The van der Waals surface area contributed by atoms with Gasteiger partial charge in [0.15, 0.2) is 22.1 Å². The molecule has 3 aromatic carbocycles. The third kappa shape index (κ3) is 11.2. The van der Waals surface area contributed by atoms with Crippen LogP contribution in [0.5, 0.6) is 0 Å². The molecule has 3 aromatic rings. The van der Waals surface area contributed by atoms with E-state index < -0.39 is 37.3 Å². The third-order valence-electron chi connectivity index (χ3n) is 7.03. The largest absolute Gasteiger partial charge is 0.921 e. The van der Waals surface area contributed by atoms with Crippen molar-refractivity contribution in [3.8, 4) is 0 Å². The molecule has 0 spiro atoms. The van der Waals surface area contributed by atoms with E-state index in [0.29, 0.717) is 37.7 Å². The fourth-order valence-electron chi connectivity index (χ4n) is 4.22. The van der Waals surface area contributed by atoms with Crippen LogP contribution in [0.15, 0.2) is 91.0 Å². The number of hydrogen-bond donors (Lipinski definition) is 0. The van der Waals surface area contributed by atoms with Gasteiger partial charge in [0.1, 0.15) is 0 Å². The second-order valence-corrected chi connectivity index (χ2v) is 21.1. The van der Waals surface area contributed by atoms with Crippen LogP contribution in [0.4, 0.5) is 0 Å². The average molecular weight is 619 g/mol. The molecule has 216 valence electrons. The molecule has 0 radical (unpaired) electrons. The van der Waals surface area contributed by atoms with Gasteiger partial charge in [-0.25, -0.2) is 0 Å². The first-order valence-electron chi connectivity index (χ1n) is 14.1. The minimum atomic E-state index is -3.33. The highest BCUT2D eigenvalue weighted by molar-refractivity contribution is 7.63. The average Bonchev–Trinajstić information content (AvgIpc) is 2.99. The summed E-state index contributed by atoms with van der Waals surface area (Å²) in [5, 5.41) is 0. The van der Waals surface area contributed by atoms with Crippen molar-refractivity contribution >= 4 is 37.3 Å². The van der Waals surface area contributed by atoms with Crippen molar-refractivity contribution < 1.29 is 24.4 Å². The van der Waals surface area contributed by atoms with Crippen molar-refractivity contribution in [3.63, 3.8) is 0 Å². The van der Waals surface area contributed by atoms with Gasteiger partial charge in [-0.15, -0.1) is 0 Å². The van der Waals surface area contributed by atoms with Gasteiger partial charge in [0.05, 0.1) is 0 Å². The Morgan fingerprint density at radius 3 is 0.950 bits per heavy atom. The van der Waals surface area contributed by atoms with Crippen LogP contribution >= 0.6 is 22.1 Å². The Morgan fingerprint density at radius 1 is 0.475 bits per heavy atom. The molecular weight excluding hydrogens is 576 g/mol. The van der Waals surface area contributed by atoms with Gasteiger partial charge in [0.2, 0.25) is 0 Å². The van der Waals surface area contributed by atoms with E-state index in [2.05, 4.69) is 0 Å². The minimum absolute atomic E-state index is 0.289. The Bertz CT molecular complexity index is 1130. The summed E-state index contributed by atoms with van der Waals surface area (Å²) in [7, 11) is -9.60. The van der Waals surface area contributed by atoms with Crippen LogP contribution in [0.25, 0.3) is 0 Å². The van der Waals surface area contributed by atoms with E-state index in [1.807, 2.05) is 112 Å². The fourth-order valence-corrected chi connectivity index (χ4v) is 15.3. The molecule has 0 saturated heterocycles. The van der Waals surface area contributed by atoms with E-state index in [9.17, 15) is 13.7 Å². The molecule has 3 unspecified atom stereocenters. The third-order valence-corrected chi connectivity index (χ3v) is 19.3. The summed E-state index contributed by atoms with van der Waals surface area (Å²) in [5.41, 5.74) is 3.18. The second-order valence-electron chi connectivity index (χ2n) is 9.87. The lowest BCUT2D eigenvalue weighted by atomic mass is 10.2. The van der Waals surface area contributed by atoms with Gasteiger partial charge in [0.25, 0.3) is 0 Å². The highest BCUT2D eigenvalue weighted by atomic mass is 31.2. The van der Waals surface area contributed by atoms with Crippen LogP contribution in [-0.2, 0) is 43.7 Å². The van der Waals surface area contributed by atoms with Crippen molar-refractivity contribution in [3.05, 3.63) is 108 Å². The van der Waals surface area contributed by atoms with Gasteiger partial charge in [-0.2, -0.15) is 0 Å². The first-order chi connectivity index (χ1) is 19.2. The molecule has 3 rings (SSSR count). The molecule has 0 heterocycles. The Kier molecular flexibility index (Phi) is 13.7. The fraction of sp³-hybridized carbons (Fsp3) is 0.400. The van der Waals surface area contributed by atoms with Crippen LogP contribution < -0.4 is 0 Å². The number of aryl methyl sites for hydroxylation is 3. The molecule has 0 bridgehead atoms. The van der Waals surface area contributed by atoms with Gasteiger partial charge in [-0.1, -0.05) is 112 Å². The molecule has 0 N–H and O–H groups in total. The summed E-state index contributed by atoms with van der Waals surface area (Å²) in [5.74, 6) is 0. The van der Waals surface area contributed by atoms with Gasteiger partial charge < -0.3 is 10.7 Å². The predicted octanol–water partition coefficient (Wildman–Crippen LogP) is 8.64. The molecule has 10 heteroatoms. The van der Waals surface area contributed by atoms with E-state index in [1.54, 1.807) is 0 Å². The van der Waals surface area contributed by atoms with Crippen LogP contribution in [0.3, 0.4) is 0 Å². The predicted molar refractivity (Wildman–Crippen MR) is 168 cm³/mol. The first-order valence-corrected chi connectivity index (χ1v) is 21.5. The molecule has 6 nitrogen and oxygen atoms in total. The quantitative estimate of drug-likeness (QED) is 0.105. The van der Waals surface area contributed by atoms with E-state index >= 15 is 0 Å². The zero-order valence-electron chi connectivity index (χ0n) is 23.9. The van der Waals surface area contributed by atoms with E-state index in [1.165, 1.54) is 0 Å². The zero-order valence-corrected chi connectivity index (χ0v) is 27.7. The van der Waals surface area contributed by atoms with E-state index in [4.69, 9.17) is 10.7 Å². The minimum Gasteiger partial charge on any atom is -0.405 e. The molecule has 0 aliphatic heterocycles. The smallest absolute Gasteiger partial charge is 0.405 e. The summed E-state index contributed by atoms with van der Waals surface area (Å²) in [6.45, 7) is 5.46. The number of benzene rings is 3. The normalized spacial score (nSPS) is 16.0. The van der Waals surface area contributed by atoms with Crippen LogP contribution in [-0.4, -0.2) is 52.1 Å². The maximum Gasteiger partial charge on any atom is 0.921 e. The Balaban J connectivity index is 1.80. The van der Waals surface area contributed by atoms with E-state index in [0.717, 1.165) is 16.7 Å².